The molecule has 0 radical (unpaired) electrons. The Labute approximate surface area is 175 Å². The van der Waals surface area contributed by atoms with Crippen molar-refractivity contribution in [2.75, 3.05) is 45.9 Å². The molecule has 0 amide bonds. The third-order valence-electron chi connectivity index (χ3n) is 6.38. The second-order valence-corrected chi connectivity index (χ2v) is 8.34. The SMILES string of the molecule is O=C1c2ccccc2C(=O)c2c1nnn2CCCN1CCN(CC2CCCO2)CC1. The van der Waals surface area contributed by atoms with E-state index in [1.165, 1.54) is 12.8 Å². The molecule has 1 aromatic carbocycles. The Kier molecular flexibility index (Phi) is 5.45. The van der Waals surface area contributed by atoms with Crippen molar-refractivity contribution in [3.05, 3.63) is 46.8 Å². The number of benzene rings is 1. The van der Waals surface area contributed by atoms with Gasteiger partial charge in [-0.25, -0.2) is 4.68 Å². The van der Waals surface area contributed by atoms with Crippen LogP contribution in [0, 0.1) is 0 Å². The summed E-state index contributed by atoms with van der Waals surface area (Å²) in [5, 5.41) is 8.14. The van der Waals surface area contributed by atoms with Gasteiger partial charge in [0.1, 0.15) is 5.69 Å². The molecule has 3 aliphatic rings. The average molecular weight is 409 g/mol. The van der Waals surface area contributed by atoms with Crippen molar-refractivity contribution in [1.29, 1.82) is 0 Å². The van der Waals surface area contributed by atoms with Crippen molar-refractivity contribution >= 4 is 11.6 Å². The van der Waals surface area contributed by atoms with Crippen molar-refractivity contribution in [2.45, 2.75) is 31.9 Å². The second kappa shape index (κ2) is 8.37. The highest BCUT2D eigenvalue weighted by Gasteiger charge is 2.34. The summed E-state index contributed by atoms with van der Waals surface area (Å²) in [5.41, 5.74) is 1.38. The molecule has 1 atom stereocenters. The fraction of sp³-hybridized carbons (Fsp3) is 0.545. The molecule has 1 unspecified atom stereocenters. The maximum absolute atomic E-state index is 12.9. The first-order chi connectivity index (χ1) is 14.7. The lowest BCUT2D eigenvalue weighted by molar-refractivity contribution is 0.0500. The van der Waals surface area contributed by atoms with Crippen molar-refractivity contribution in [3.63, 3.8) is 0 Å². The van der Waals surface area contributed by atoms with E-state index < -0.39 is 0 Å². The van der Waals surface area contributed by atoms with E-state index in [9.17, 15) is 9.59 Å². The maximum Gasteiger partial charge on any atom is 0.216 e. The lowest BCUT2D eigenvalue weighted by Crippen LogP contribution is -2.48. The number of nitrogens with zero attached hydrogens (tertiary/aromatic N) is 5. The molecule has 2 aliphatic heterocycles. The number of fused-ring (bicyclic) bond motifs is 2. The number of ketones is 2. The van der Waals surface area contributed by atoms with E-state index in [2.05, 4.69) is 20.1 Å². The zero-order valence-corrected chi connectivity index (χ0v) is 17.1. The Hall–Kier alpha value is -2.42. The summed E-state index contributed by atoms with van der Waals surface area (Å²) >= 11 is 0. The van der Waals surface area contributed by atoms with Crippen molar-refractivity contribution in [1.82, 2.24) is 24.8 Å². The molecule has 0 spiro atoms. The first-order valence-electron chi connectivity index (χ1n) is 10.9. The normalized spacial score (nSPS) is 22.3. The Balaban J connectivity index is 1.15. The van der Waals surface area contributed by atoms with Gasteiger partial charge in [0, 0.05) is 63.5 Å². The maximum atomic E-state index is 12.9. The Morgan fingerprint density at radius 1 is 0.967 bits per heavy atom. The molecule has 2 fully saturated rings. The van der Waals surface area contributed by atoms with Gasteiger partial charge in [0.25, 0.3) is 0 Å². The van der Waals surface area contributed by atoms with E-state index in [0.29, 0.717) is 29.5 Å². The monoisotopic (exact) mass is 409 g/mol. The van der Waals surface area contributed by atoms with Crippen LogP contribution in [0.4, 0.5) is 0 Å². The van der Waals surface area contributed by atoms with Crippen molar-refractivity contribution in [3.8, 4) is 0 Å². The Morgan fingerprint density at radius 2 is 1.70 bits per heavy atom. The van der Waals surface area contributed by atoms with Crippen LogP contribution in [0.25, 0.3) is 0 Å². The van der Waals surface area contributed by atoms with Gasteiger partial charge in [-0.2, -0.15) is 0 Å². The van der Waals surface area contributed by atoms with Crippen LogP contribution in [-0.2, 0) is 11.3 Å². The van der Waals surface area contributed by atoms with Gasteiger partial charge in [-0.05, 0) is 19.3 Å². The highest BCUT2D eigenvalue weighted by Crippen LogP contribution is 2.25. The summed E-state index contributed by atoms with van der Waals surface area (Å²) in [6, 6.07) is 6.92. The highest BCUT2D eigenvalue weighted by molar-refractivity contribution is 6.26. The summed E-state index contributed by atoms with van der Waals surface area (Å²) in [7, 11) is 0. The molecule has 1 aliphatic carbocycles. The number of piperazine rings is 1. The topological polar surface area (TPSA) is 80.6 Å². The van der Waals surface area contributed by atoms with E-state index in [1.54, 1.807) is 28.9 Å². The van der Waals surface area contributed by atoms with Crippen LogP contribution in [0.15, 0.2) is 24.3 Å². The molecule has 0 saturated carbocycles. The van der Waals surface area contributed by atoms with E-state index in [0.717, 1.165) is 52.3 Å². The predicted octanol–water partition coefficient (Wildman–Crippen LogP) is 1.24. The molecule has 1 aromatic heterocycles. The van der Waals surface area contributed by atoms with E-state index in [-0.39, 0.29) is 17.3 Å². The van der Waals surface area contributed by atoms with Gasteiger partial charge >= 0.3 is 0 Å². The van der Waals surface area contributed by atoms with Crippen LogP contribution in [0.3, 0.4) is 0 Å². The number of ether oxygens (including phenoxy) is 1. The summed E-state index contributed by atoms with van der Waals surface area (Å²) in [5.74, 6) is -0.373. The number of carbonyl (C=O) groups excluding carboxylic acids is 2. The number of hydrogen-bond acceptors (Lipinski definition) is 7. The van der Waals surface area contributed by atoms with Gasteiger partial charge < -0.3 is 9.64 Å². The standard InChI is InChI=1S/C22H27N5O3/c28-21-17-6-1-2-7-18(17)22(29)20-19(21)23-24-27(20)9-4-8-25-10-12-26(13-11-25)15-16-5-3-14-30-16/h1-2,6-7,16H,3-5,8-15H2. The van der Waals surface area contributed by atoms with E-state index in [4.69, 9.17) is 4.74 Å². The number of carbonyl (C=O) groups is 2. The second-order valence-electron chi connectivity index (χ2n) is 8.34. The zero-order valence-electron chi connectivity index (χ0n) is 17.1. The van der Waals surface area contributed by atoms with Crippen LogP contribution in [-0.4, -0.2) is 88.3 Å². The van der Waals surface area contributed by atoms with Crippen molar-refractivity contribution in [2.24, 2.45) is 0 Å². The van der Waals surface area contributed by atoms with Crippen LogP contribution in [0.5, 0.6) is 0 Å². The van der Waals surface area contributed by atoms with Crippen LogP contribution >= 0.6 is 0 Å². The van der Waals surface area contributed by atoms with Gasteiger partial charge in [-0.1, -0.05) is 29.5 Å². The summed E-state index contributed by atoms with van der Waals surface area (Å²) in [6.07, 6.45) is 3.66. The molecule has 30 heavy (non-hydrogen) atoms. The van der Waals surface area contributed by atoms with Gasteiger partial charge in [-0.15, -0.1) is 5.10 Å². The molecule has 0 bridgehead atoms. The molecule has 2 aromatic rings. The molecule has 158 valence electrons. The minimum atomic E-state index is -0.214. The fourth-order valence-electron chi connectivity index (χ4n) is 4.70. The van der Waals surface area contributed by atoms with Crippen LogP contribution in [0.2, 0.25) is 0 Å². The lowest BCUT2D eigenvalue weighted by Gasteiger charge is -2.35. The molecular weight excluding hydrogens is 382 g/mol. The third-order valence-corrected chi connectivity index (χ3v) is 6.38. The molecule has 8 heteroatoms. The van der Waals surface area contributed by atoms with Crippen LogP contribution in [0.1, 0.15) is 51.4 Å². The molecule has 5 rings (SSSR count). The molecule has 2 saturated heterocycles. The van der Waals surface area contributed by atoms with Gasteiger partial charge in [0.05, 0.1) is 6.10 Å². The first-order valence-corrected chi connectivity index (χ1v) is 10.9. The highest BCUT2D eigenvalue weighted by atomic mass is 16.5. The molecular formula is C22H27N5O3. The molecule has 8 nitrogen and oxygen atoms in total. The predicted molar refractivity (Wildman–Crippen MR) is 110 cm³/mol. The number of aryl methyl sites for hydroxylation is 1. The Bertz CT molecular complexity index is 942. The van der Waals surface area contributed by atoms with Crippen LogP contribution < -0.4 is 0 Å². The third kappa shape index (κ3) is 3.71. The van der Waals surface area contributed by atoms with Crippen molar-refractivity contribution < 1.29 is 14.3 Å². The quantitative estimate of drug-likeness (QED) is 0.606. The molecule has 0 N–H and O–H groups in total. The summed E-state index contributed by atoms with van der Waals surface area (Å²) in [4.78, 5) is 30.5. The fourth-order valence-corrected chi connectivity index (χ4v) is 4.70. The minimum absolute atomic E-state index is 0.159. The van der Waals surface area contributed by atoms with Gasteiger partial charge in [-0.3, -0.25) is 14.5 Å². The average Bonchev–Trinajstić information content (AvgIpc) is 3.44. The van der Waals surface area contributed by atoms with Gasteiger partial charge in [0.15, 0.2) is 5.69 Å². The lowest BCUT2D eigenvalue weighted by atomic mass is 9.90. The smallest absolute Gasteiger partial charge is 0.216 e. The summed E-state index contributed by atoms with van der Waals surface area (Å²) < 4.78 is 7.36. The first kappa shape index (κ1) is 19.5. The van der Waals surface area contributed by atoms with Gasteiger partial charge in [0.2, 0.25) is 11.6 Å². The minimum Gasteiger partial charge on any atom is -0.377 e. The van der Waals surface area contributed by atoms with E-state index >= 15 is 0 Å². The zero-order chi connectivity index (χ0) is 20.5. The van der Waals surface area contributed by atoms with E-state index in [1.807, 2.05) is 0 Å². The largest absolute Gasteiger partial charge is 0.377 e. The number of aromatic nitrogens is 3. The molecule has 3 heterocycles. The number of rotatable bonds is 6. The summed E-state index contributed by atoms with van der Waals surface area (Å²) in [6.45, 7) is 7.73. The Morgan fingerprint density at radius 3 is 2.43 bits per heavy atom. The number of hydrogen-bond donors (Lipinski definition) is 0.